The second-order valence-corrected chi connectivity index (χ2v) is 4.46. The molecule has 1 rings (SSSR count). The molecule has 1 aromatic carbocycles. The van der Waals surface area contributed by atoms with E-state index in [1.54, 1.807) is 6.92 Å². The average Bonchev–Trinajstić information content (AvgIpc) is 2.31. The highest BCUT2D eigenvalue weighted by atomic mass is 35.5. The molecule has 0 radical (unpaired) electrons. The Morgan fingerprint density at radius 3 is 2.71 bits per heavy atom. The van der Waals surface area contributed by atoms with Crippen LogP contribution in [0.3, 0.4) is 0 Å². The van der Waals surface area contributed by atoms with Crippen LogP contribution in [0, 0.1) is 11.7 Å². The van der Waals surface area contributed by atoms with E-state index in [0.29, 0.717) is 0 Å². The second-order valence-electron chi connectivity index (χ2n) is 4.05. The van der Waals surface area contributed by atoms with Crippen molar-refractivity contribution in [2.75, 3.05) is 6.61 Å². The first-order chi connectivity index (χ1) is 7.95. The average molecular weight is 260 g/mol. The molecule has 17 heavy (non-hydrogen) atoms. The Kier molecular flexibility index (Phi) is 4.90. The molecule has 0 aromatic heterocycles. The van der Waals surface area contributed by atoms with E-state index >= 15 is 0 Å². The molecule has 1 aromatic rings. The van der Waals surface area contributed by atoms with Crippen molar-refractivity contribution < 1.29 is 14.3 Å². The van der Waals surface area contributed by atoms with Gasteiger partial charge in [-0.1, -0.05) is 18.5 Å². The van der Waals surface area contributed by atoms with Crippen LogP contribution in [-0.2, 0) is 0 Å². The summed E-state index contributed by atoms with van der Waals surface area (Å²) in [5.41, 5.74) is 0.212. The Labute approximate surface area is 105 Å². The third-order valence-electron chi connectivity index (χ3n) is 2.68. The lowest BCUT2D eigenvalue weighted by molar-refractivity contribution is 0.0916. The van der Waals surface area contributed by atoms with Gasteiger partial charge in [-0.2, -0.15) is 0 Å². The largest absolute Gasteiger partial charge is 0.396 e. The second kappa shape index (κ2) is 5.98. The predicted octanol–water partition coefficient (Wildman–Crippen LogP) is 2.23. The molecular weight excluding hydrogens is 245 g/mol. The molecule has 0 spiro atoms. The Balaban J connectivity index is 2.73. The molecule has 94 valence electrons. The fourth-order valence-electron chi connectivity index (χ4n) is 1.23. The van der Waals surface area contributed by atoms with Crippen LogP contribution < -0.4 is 5.32 Å². The molecule has 2 atom stereocenters. The summed E-state index contributed by atoms with van der Waals surface area (Å²) in [4.78, 5) is 11.7. The van der Waals surface area contributed by atoms with Gasteiger partial charge in [0.1, 0.15) is 5.82 Å². The number of aliphatic hydroxyl groups is 1. The first kappa shape index (κ1) is 13.9. The molecule has 3 nitrogen and oxygen atoms in total. The van der Waals surface area contributed by atoms with E-state index < -0.39 is 5.82 Å². The van der Waals surface area contributed by atoms with Crippen LogP contribution in [0.2, 0.25) is 5.02 Å². The quantitative estimate of drug-likeness (QED) is 0.871. The van der Waals surface area contributed by atoms with Gasteiger partial charge in [-0.25, -0.2) is 4.39 Å². The number of benzene rings is 1. The van der Waals surface area contributed by atoms with Crippen molar-refractivity contribution in [1.29, 1.82) is 0 Å². The summed E-state index contributed by atoms with van der Waals surface area (Å²) in [5.74, 6) is -1.06. The van der Waals surface area contributed by atoms with E-state index in [2.05, 4.69) is 5.32 Å². The van der Waals surface area contributed by atoms with Crippen molar-refractivity contribution in [2.45, 2.75) is 19.9 Å². The number of hydrogen-bond donors (Lipinski definition) is 2. The molecule has 1 amide bonds. The van der Waals surface area contributed by atoms with Crippen molar-refractivity contribution in [3.05, 3.63) is 34.6 Å². The van der Waals surface area contributed by atoms with Crippen LogP contribution in [0.4, 0.5) is 4.39 Å². The molecule has 2 N–H and O–H groups in total. The van der Waals surface area contributed by atoms with Gasteiger partial charge in [0.25, 0.3) is 5.91 Å². The zero-order valence-electron chi connectivity index (χ0n) is 9.71. The Bertz CT molecular complexity index is 411. The highest BCUT2D eigenvalue weighted by molar-refractivity contribution is 6.30. The topological polar surface area (TPSA) is 49.3 Å². The summed E-state index contributed by atoms with van der Waals surface area (Å²) in [5, 5.41) is 11.6. The number of amides is 1. The van der Waals surface area contributed by atoms with E-state index in [4.69, 9.17) is 16.7 Å². The Hall–Kier alpha value is -1.13. The fraction of sp³-hybridized carbons (Fsp3) is 0.417. The van der Waals surface area contributed by atoms with Crippen LogP contribution >= 0.6 is 11.6 Å². The van der Waals surface area contributed by atoms with Gasteiger partial charge in [0.2, 0.25) is 0 Å². The zero-order valence-corrected chi connectivity index (χ0v) is 10.5. The highest BCUT2D eigenvalue weighted by Gasteiger charge is 2.15. The number of nitrogens with one attached hydrogen (secondary N) is 1. The monoisotopic (exact) mass is 259 g/mol. The van der Waals surface area contributed by atoms with Crippen molar-refractivity contribution in [3.63, 3.8) is 0 Å². The maximum Gasteiger partial charge on any atom is 0.251 e. The van der Waals surface area contributed by atoms with Crippen molar-refractivity contribution in [3.8, 4) is 0 Å². The van der Waals surface area contributed by atoms with E-state index in [-0.39, 0.29) is 35.1 Å². The van der Waals surface area contributed by atoms with E-state index in [9.17, 15) is 9.18 Å². The zero-order chi connectivity index (χ0) is 13.0. The van der Waals surface area contributed by atoms with Crippen LogP contribution in [0.1, 0.15) is 24.2 Å². The van der Waals surface area contributed by atoms with Gasteiger partial charge >= 0.3 is 0 Å². The first-order valence-electron chi connectivity index (χ1n) is 5.32. The molecule has 0 saturated carbocycles. The lowest BCUT2D eigenvalue weighted by Gasteiger charge is -2.19. The minimum Gasteiger partial charge on any atom is -0.396 e. The standard InChI is InChI=1S/C12H15ClFNO2/c1-7(6-16)8(2)15-12(17)9-3-4-10(13)11(14)5-9/h3-5,7-8,16H,6H2,1-2H3,(H,15,17). The van der Waals surface area contributed by atoms with Crippen LogP contribution in [0.25, 0.3) is 0 Å². The summed E-state index contributed by atoms with van der Waals surface area (Å²) < 4.78 is 13.1. The molecule has 0 heterocycles. The molecule has 5 heteroatoms. The number of carbonyl (C=O) groups excluding carboxylic acids is 1. The van der Waals surface area contributed by atoms with Gasteiger partial charge in [-0.3, -0.25) is 4.79 Å². The SMILES string of the molecule is CC(CO)C(C)NC(=O)c1ccc(Cl)c(F)c1. The molecule has 0 bridgehead atoms. The van der Waals surface area contributed by atoms with Crippen LogP contribution in [0.15, 0.2) is 18.2 Å². The number of carbonyl (C=O) groups is 1. The van der Waals surface area contributed by atoms with Crippen molar-refractivity contribution >= 4 is 17.5 Å². The summed E-state index contributed by atoms with van der Waals surface area (Å²) >= 11 is 5.52. The van der Waals surface area contributed by atoms with Gasteiger partial charge in [-0.15, -0.1) is 0 Å². The number of aliphatic hydroxyl groups excluding tert-OH is 1. The molecule has 0 aliphatic carbocycles. The normalized spacial score (nSPS) is 14.2. The van der Waals surface area contributed by atoms with E-state index in [0.717, 1.165) is 6.07 Å². The highest BCUT2D eigenvalue weighted by Crippen LogP contribution is 2.15. The van der Waals surface area contributed by atoms with Gasteiger partial charge in [0, 0.05) is 18.2 Å². The molecule has 0 fully saturated rings. The van der Waals surface area contributed by atoms with E-state index in [1.807, 2.05) is 6.92 Å². The number of halogens is 2. The third-order valence-corrected chi connectivity index (χ3v) is 2.99. The molecular formula is C12H15ClFNO2. The van der Waals surface area contributed by atoms with Gasteiger partial charge in [0.15, 0.2) is 0 Å². The molecule has 2 unspecified atom stereocenters. The minimum atomic E-state index is -0.623. The first-order valence-corrected chi connectivity index (χ1v) is 5.70. The fourth-order valence-corrected chi connectivity index (χ4v) is 1.35. The van der Waals surface area contributed by atoms with Crippen LogP contribution in [-0.4, -0.2) is 23.7 Å². The summed E-state index contributed by atoms with van der Waals surface area (Å²) in [7, 11) is 0. The summed E-state index contributed by atoms with van der Waals surface area (Å²) in [6.07, 6.45) is 0. The predicted molar refractivity (Wildman–Crippen MR) is 64.6 cm³/mol. The van der Waals surface area contributed by atoms with Gasteiger partial charge in [-0.05, 0) is 31.0 Å². The van der Waals surface area contributed by atoms with Gasteiger partial charge < -0.3 is 10.4 Å². The minimum absolute atomic E-state index is 0.0154. The molecule has 0 aliphatic rings. The lowest BCUT2D eigenvalue weighted by Crippen LogP contribution is -2.38. The third kappa shape index (κ3) is 3.68. The van der Waals surface area contributed by atoms with Crippen molar-refractivity contribution in [1.82, 2.24) is 5.32 Å². The number of rotatable bonds is 4. The molecule has 0 aliphatic heterocycles. The molecule has 0 saturated heterocycles. The Morgan fingerprint density at radius 1 is 1.53 bits per heavy atom. The summed E-state index contributed by atoms with van der Waals surface area (Å²) in [6.45, 7) is 3.58. The van der Waals surface area contributed by atoms with E-state index in [1.165, 1.54) is 12.1 Å². The lowest BCUT2D eigenvalue weighted by atomic mass is 10.0. The number of hydrogen-bond acceptors (Lipinski definition) is 2. The smallest absolute Gasteiger partial charge is 0.251 e. The van der Waals surface area contributed by atoms with Crippen molar-refractivity contribution in [2.24, 2.45) is 5.92 Å². The Morgan fingerprint density at radius 2 is 2.18 bits per heavy atom. The van der Waals surface area contributed by atoms with Crippen LogP contribution in [0.5, 0.6) is 0 Å². The van der Waals surface area contributed by atoms with Gasteiger partial charge in [0.05, 0.1) is 5.02 Å². The maximum atomic E-state index is 13.1. The summed E-state index contributed by atoms with van der Waals surface area (Å²) in [6, 6.07) is 3.70. The maximum absolute atomic E-state index is 13.1.